The van der Waals surface area contributed by atoms with Crippen molar-refractivity contribution in [2.75, 3.05) is 7.11 Å². The van der Waals surface area contributed by atoms with E-state index in [9.17, 15) is 18.8 Å². The van der Waals surface area contributed by atoms with Gasteiger partial charge in [-0.05, 0) is 18.6 Å². The summed E-state index contributed by atoms with van der Waals surface area (Å²) in [7, 11) is 1.29. The lowest BCUT2D eigenvalue weighted by atomic mass is 10.1. The van der Waals surface area contributed by atoms with Crippen molar-refractivity contribution in [3.63, 3.8) is 0 Å². The van der Waals surface area contributed by atoms with Gasteiger partial charge >= 0.3 is 0 Å². The normalized spacial score (nSPS) is 18.4. The number of amides is 3. The molecule has 0 radical (unpaired) electrons. The Labute approximate surface area is 114 Å². The fourth-order valence-corrected chi connectivity index (χ4v) is 1.91. The molecule has 6 nitrogen and oxygen atoms in total. The van der Waals surface area contributed by atoms with Crippen molar-refractivity contribution in [3.05, 3.63) is 29.6 Å². The molecule has 1 saturated heterocycles. The SMILES string of the molecule is COc1cccc(C(=O)NC2CCC(=O)NC2=O)c1F. The van der Waals surface area contributed by atoms with Gasteiger partial charge in [0.2, 0.25) is 11.8 Å². The third kappa shape index (κ3) is 2.76. The Bertz CT molecular complexity index is 573. The van der Waals surface area contributed by atoms with Gasteiger partial charge in [0.1, 0.15) is 6.04 Å². The molecule has 2 rings (SSSR count). The zero-order valence-electron chi connectivity index (χ0n) is 10.7. The van der Waals surface area contributed by atoms with Crippen LogP contribution in [0.3, 0.4) is 0 Å². The van der Waals surface area contributed by atoms with Crippen molar-refractivity contribution in [1.29, 1.82) is 0 Å². The summed E-state index contributed by atoms with van der Waals surface area (Å²) >= 11 is 0. The van der Waals surface area contributed by atoms with E-state index < -0.39 is 23.7 Å². The maximum atomic E-state index is 13.9. The highest BCUT2D eigenvalue weighted by Gasteiger charge is 2.29. The minimum absolute atomic E-state index is 0.0547. The van der Waals surface area contributed by atoms with E-state index in [1.165, 1.54) is 25.3 Å². The summed E-state index contributed by atoms with van der Waals surface area (Å²) in [6, 6.07) is 3.31. The Kier molecular flexibility index (Phi) is 3.97. The van der Waals surface area contributed by atoms with Crippen LogP contribution in [0.5, 0.6) is 5.75 Å². The number of nitrogens with one attached hydrogen (secondary N) is 2. The van der Waals surface area contributed by atoms with Crippen LogP contribution in [-0.2, 0) is 9.59 Å². The lowest BCUT2D eigenvalue weighted by molar-refractivity contribution is -0.134. The number of methoxy groups -OCH3 is 1. The lowest BCUT2D eigenvalue weighted by Crippen LogP contribution is -2.52. The second-order valence-corrected chi connectivity index (χ2v) is 4.30. The highest BCUT2D eigenvalue weighted by atomic mass is 19.1. The number of benzene rings is 1. The highest BCUT2D eigenvalue weighted by Crippen LogP contribution is 2.20. The Hall–Kier alpha value is -2.44. The van der Waals surface area contributed by atoms with Crippen LogP contribution >= 0.6 is 0 Å². The minimum Gasteiger partial charge on any atom is -0.494 e. The molecule has 1 fully saturated rings. The van der Waals surface area contributed by atoms with Gasteiger partial charge in [-0.2, -0.15) is 0 Å². The fraction of sp³-hybridized carbons (Fsp3) is 0.308. The van der Waals surface area contributed by atoms with Gasteiger partial charge in [0, 0.05) is 6.42 Å². The third-order valence-electron chi connectivity index (χ3n) is 2.97. The standard InChI is InChI=1S/C13H13FN2O4/c1-20-9-4-2-3-7(11(9)14)12(18)15-8-5-6-10(17)16-13(8)19/h2-4,8H,5-6H2,1H3,(H,15,18)(H,16,17,19). The van der Waals surface area contributed by atoms with E-state index in [2.05, 4.69) is 10.6 Å². The predicted molar refractivity (Wildman–Crippen MR) is 66.6 cm³/mol. The van der Waals surface area contributed by atoms with Gasteiger partial charge in [-0.1, -0.05) is 6.07 Å². The molecule has 1 unspecified atom stereocenters. The summed E-state index contributed by atoms with van der Waals surface area (Å²) in [5.74, 6) is -2.54. The quantitative estimate of drug-likeness (QED) is 0.783. The van der Waals surface area contributed by atoms with Gasteiger partial charge in [0.15, 0.2) is 11.6 Å². The van der Waals surface area contributed by atoms with E-state index in [-0.39, 0.29) is 30.1 Å². The van der Waals surface area contributed by atoms with E-state index in [0.29, 0.717) is 0 Å². The van der Waals surface area contributed by atoms with Crippen molar-refractivity contribution in [3.8, 4) is 5.75 Å². The van der Waals surface area contributed by atoms with Crippen molar-refractivity contribution in [2.24, 2.45) is 0 Å². The molecular weight excluding hydrogens is 267 g/mol. The molecule has 106 valence electrons. The average Bonchev–Trinajstić information content (AvgIpc) is 2.42. The van der Waals surface area contributed by atoms with Crippen LogP contribution < -0.4 is 15.4 Å². The van der Waals surface area contributed by atoms with E-state index in [1.54, 1.807) is 0 Å². The average molecular weight is 280 g/mol. The highest BCUT2D eigenvalue weighted by molar-refractivity contribution is 6.03. The number of halogens is 1. The Morgan fingerprint density at radius 1 is 1.45 bits per heavy atom. The largest absolute Gasteiger partial charge is 0.494 e. The molecule has 7 heteroatoms. The van der Waals surface area contributed by atoms with E-state index >= 15 is 0 Å². The molecule has 0 saturated carbocycles. The van der Waals surface area contributed by atoms with Crippen molar-refractivity contribution in [2.45, 2.75) is 18.9 Å². The number of hydrogen-bond donors (Lipinski definition) is 2. The van der Waals surface area contributed by atoms with Crippen LogP contribution in [0.1, 0.15) is 23.2 Å². The summed E-state index contributed by atoms with van der Waals surface area (Å²) in [4.78, 5) is 34.5. The van der Waals surface area contributed by atoms with Crippen LogP contribution in [0, 0.1) is 5.82 Å². The molecule has 0 spiro atoms. The molecule has 1 aromatic carbocycles. The van der Waals surface area contributed by atoms with Gasteiger partial charge in [-0.15, -0.1) is 0 Å². The van der Waals surface area contributed by atoms with Crippen molar-refractivity contribution in [1.82, 2.24) is 10.6 Å². The minimum atomic E-state index is -0.842. The van der Waals surface area contributed by atoms with Crippen LogP contribution in [0.15, 0.2) is 18.2 Å². The zero-order chi connectivity index (χ0) is 14.7. The first-order chi connectivity index (χ1) is 9.52. The number of carbonyl (C=O) groups is 3. The molecule has 0 aromatic heterocycles. The summed E-state index contributed by atoms with van der Waals surface area (Å²) in [6.07, 6.45) is 0.333. The van der Waals surface area contributed by atoms with Crippen LogP contribution in [0.2, 0.25) is 0 Å². The first kappa shape index (κ1) is 14.0. The molecule has 3 amide bonds. The number of carbonyl (C=O) groups excluding carboxylic acids is 3. The van der Waals surface area contributed by atoms with E-state index in [1.807, 2.05) is 0 Å². The van der Waals surface area contributed by atoms with Gasteiger partial charge in [-0.25, -0.2) is 4.39 Å². The summed E-state index contributed by atoms with van der Waals surface area (Å²) < 4.78 is 18.7. The van der Waals surface area contributed by atoms with Gasteiger partial charge in [0.25, 0.3) is 5.91 Å². The summed E-state index contributed by atoms with van der Waals surface area (Å²) in [5, 5.41) is 4.51. The Morgan fingerprint density at radius 2 is 2.20 bits per heavy atom. The lowest BCUT2D eigenvalue weighted by Gasteiger charge is -2.22. The summed E-state index contributed by atoms with van der Waals surface area (Å²) in [5.41, 5.74) is -0.214. The number of rotatable bonds is 3. The summed E-state index contributed by atoms with van der Waals surface area (Å²) in [6.45, 7) is 0. The molecule has 1 aliphatic rings. The number of imide groups is 1. The van der Waals surface area contributed by atoms with Crippen molar-refractivity contribution < 1.29 is 23.5 Å². The topological polar surface area (TPSA) is 84.5 Å². The molecule has 1 aromatic rings. The first-order valence-corrected chi connectivity index (χ1v) is 6.00. The first-order valence-electron chi connectivity index (χ1n) is 6.00. The molecule has 2 N–H and O–H groups in total. The molecule has 1 heterocycles. The van der Waals surface area contributed by atoms with Crippen LogP contribution in [0.4, 0.5) is 4.39 Å². The zero-order valence-corrected chi connectivity index (χ0v) is 10.7. The van der Waals surface area contributed by atoms with Crippen molar-refractivity contribution >= 4 is 17.7 Å². The third-order valence-corrected chi connectivity index (χ3v) is 2.97. The van der Waals surface area contributed by atoms with Gasteiger partial charge in [-0.3, -0.25) is 19.7 Å². The number of ether oxygens (including phenoxy) is 1. The van der Waals surface area contributed by atoms with E-state index in [4.69, 9.17) is 4.74 Å². The molecule has 1 atom stereocenters. The smallest absolute Gasteiger partial charge is 0.255 e. The van der Waals surface area contributed by atoms with Crippen LogP contribution in [0.25, 0.3) is 0 Å². The molecule has 0 aliphatic carbocycles. The second kappa shape index (κ2) is 5.68. The molecule has 0 bridgehead atoms. The van der Waals surface area contributed by atoms with Gasteiger partial charge in [0.05, 0.1) is 12.7 Å². The second-order valence-electron chi connectivity index (χ2n) is 4.30. The molecular formula is C13H13FN2O4. The maximum Gasteiger partial charge on any atom is 0.255 e. The van der Waals surface area contributed by atoms with Gasteiger partial charge < -0.3 is 10.1 Å². The Balaban J connectivity index is 2.13. The fourth-order valence-electron chi connectivity index (χ4n) is 1.91. The van der Waals surface area contributed by atoms with E-state index in [0.717, 1.165) is 0 Å². The number of piperidine rings is 1. The molecule has 1 aliphatic heterocycles. The maximum absolute atomic E-state index is 13.9. The predicted octanol–water partition coefficient (Wildman–Crippen LogP) is 0.369. The number of hydrogen-bond acceptors (Lipinski definition) is 4. The molecule has 20 heavy (non-hydrogen) atoms. The Morgan fingerprint density at radius 3 is 2.85 bits per heavy atom. The monoisotopic (exact) mass is 280 g/mol. The van der Waals surface area contributed by atoms with Crippen LogP contribution in [-0.4, -0.2) is 30.9 Å².